The Bertz CT molecular complexity index is 847. The van der Waals surface area contributed by atoms with E-state index in [1.54, 1.807) is 0 Å². The molecule has 4 rings (SSSR count). The van der Waals surface area contributed by atoms with Gasteiger partial charge in [0.1, 0.15) is 11.6 Å². The molecule has 0 aliphatic heterocycles. The molecule has 21 heavy (non-hydrogen) atoms. The molecule has 2 aliphatic rings. The minimum Gasteiger partial charge on any atom is -0.294 e. The van der Waals surface area contributed by atoms with E-state index in [9.17, 15) is 13.6 Å². The normalized spacial score (nSPS) is 15.4. The number of benzene rings is 2. The van der Waals surface area contributed by atoms with Gasteiger partial charge in [-0.15, -0.1) is 0 Å². The predicted molar refractivity (Wildman–Crippen MR) is 77.4 cm³/mol. The Morgan fingerprint density at radius 1 is 1.10 bits per heavy atom. The molecule has 0 heterocycles. The largest absolute Gasteiger partial charge is 0.294 e. The van der Waals surface area contributed by atoms with Gasteiger partial charge in [0.2, 0.25) is 0 Å². The molecule has 0 amide bonds. The highest BCUT2D eigenvalue weighted by Crippen LogP contribution is 2.44. The number of carbonyl (C=O) groups excluding carboxylic acids is 1. The van der Waals surface area contributed by atoms with Gasteiger partial charge in [0.05, 0.1) is 6.42 Å². The molecule has 0 saturated carbocycles. The van der Waals surface area contributed by atoms with E-state index in [2.05, 4.69) is 0 Å². The van der Waals surface area contributed by atoms with E-state index in [1.165, 1.54) is 6.07 Å². The van der Waals surface area contributed by atoms with Gasteiger partial charge in [-0.1, -0.05) is 18.2 Å². The summed E-state index contributed by atoms with van der Waals surface area (Å²) >= 11 is 0. The molecule has 0 unspecified atom stereocenters. The molecule has 1 nitrogen and oxygen atoms in total. The zero-order valence-corrected chi connectivity index (χ0v) is 11.5. The van der Waals surface area contributed by atoms with Crippen molar-refractivity contribution in [2.24, 2.45) is 0 Å². The van der Waals surface area contributed by atoms with Crippen LogP contribution in [0.3, 0.4) is 0 Å². The van der Waals surface area contributed by atoms with Gasteiger partial charge >= 0.3 is 0 Å². The minimum absolute atomic E-state index is 0.105. The Morgan fingerprint density at radius 3 is 2.71 bits per heavy atom. The van der Waals surface area contributed by atoms with E-state index in [0.717, 1.165) is 33.9 Å². The van der Waals surface area contributed by atoms with Crippen LogP contribution in [0.25, 0.3) is 17.2 Å². The second kappa shape index (κ2) is 4.10. The van der Waals surface area contributed by atoms with Gasteiger partial charge in [0.25, 0.3) is 0 Å². The fraction of sp³-hybridized carbons (Fsp3) is 0.167. The lowest BCUT2D eigenvalue weighted by Gasteiger charge is -2.16. The molecule has 104 valence electrons. The van der Waals surface area contributed by atoms with Crippen molar-refractivity contribution in [3.63, 3.8) is 0 Å². The number of rotatable bonds is 0. The molecule has 0 bridgehead atoms. The summed E-state index contributed by atoms with van der Waals surface area (Å²) in [4.78, 5) is 12.2. The molecule has 0 radical (unpaired) electrons. The maximum atomic E-state index is 14.3. The third kappa shape index (κ3) is 1.63. The van der Waals surface area contributed by atoms with Gasteiger partial charge in [-0.2, -0.15) is 0 Å². The quantitative estimate of drug-likeness (QED) is 0.589. The van der Waals surface area contributed by atoms with Gasteiger partial charge in [0, 0.05) is 11.1 Å². The first kappa shape index (κ1) is 12.5. The second-order valence-electron chi connectivity index (χ2n) is 5.65. The molecule has 0 aromatic heterocycles. The van der Waals surface area contributed by atoms with Crippen molar-refractivity contribution in [3.05, 3.63) is 63.7 Å². The molecule has 0 fully saturated rings. The SMILES string of the molecule is Cc1cccc2c1-c1cc(F)c3c(c1C2)C(=O)CC(F)=C3. The van der Waals surface area contributed by atoms with Gasteiger partial charge in [-0.25, -0.2) is 8.78 Å². The number of hydrogen-bond donors (Lipinski definition) is 0. The number of hydrogen-bond acceptors (Lipinski definition) is 1. The van der Waals surface area contributed by atoms with E-state index < -0.39 is 11.6 Å². The standard InChI is InChI=1S/C18H12F2O/c1-9-3-2-4-10-5-12-13(17(9)10)8-15(20)14-6-11(19)7-16(21)18(12)14/h2-4,6,8H,5,7H2,1H3. The lowest BCUT2D eigenvalue weighted by atomic mass is 9.87. The van der Waals surface area contributed by atoms with Crippen LogP contribution >= 0.6 is 0 Å². The zero-order chi connectivity index (χ0) is 14.7. The maximum absolute atomic E-state index is 14.3. The smallest absolute Gasteiger partial charge is 0.170 e. The van der Waals surface area contributed by atoms with Gasteiger partial charge in [-0.3, -0.25) is 4.79 Å². The first-order valence-corrected chi connectivity index (χ1v) is 6.90. The Labute approximate surface area is 120 Å². The summed E-state index contributed by atoms with van der Waals surface area (Å²) < 4.78 is 27.8. The van der Waals surface area contributed by atoms with Crippen molar-refractivity contribution in [3.8, 4) is 11.1 Å². The van der Waals surface area contributed by atoms with Gasteiger partial charge < -0.3 is 0 Å². The van der Waals surface area contributed by atoms with Crippen LogP contribution in [-0.4, -0.2) is 5.78 Å². The van der Waals surface area contributed by atoms with Gasteiger partial charge in [0.15, 0.2) is 5.78 Å². The number of halogens is 2. The van der Waals surface area contributed by atoms with Crippen LogP contribution in [0, 0.1) is 12.7 Å². The van der Waals surface area contributed by atoms with Crippen molar-refractivity contribution in [2.45, 2.75) is 19.8 Å². The van der Waals surface area contributed by atoms with Crippen LogP contribution in [0.2, 0.25) is 0 Å². The highest BCUT2D eigenvalue weighted by Gasteiger charge is 2.31. The molecule has 0 N–H and O–H groups in total. The summed E-state index contributed by atoms with van der Waals surface area (Å²) in [7, 11) is 0. The topological polar surface area (TPSA) is 17.1 Å². The summed E-state index contributed by atoms with van der Waals surface area (Å²) in [6, 6.07) is 7.38. The van der Waals surface area contributed by atoms with E-state index in [0.29, 0.717) is 12.0 Å². The molecule has 0 spiro atoms. The third-order valence-corrected chi connectivity index (χ3v) is 4.33. The summed E-state index contributed by atoms with van der Waals surface area (Å²) in [5.74, 6) is -1.42. The lowest BCUT2D eigenvalue weighted by molar-refractivity contribution is 0.0984. The van der Waals surface area contributed by atoms with Crippen LogP contribution in [0.15, 0.2) is 30.1 Å². The summed E-state index contributed by atoms with van der Waals surface area (Å²) in [6.07, 6.45) is 1.50. The van der Waals surface area contributed by atoms with Crippen molar-refractivity contribution >= 4 is 11.9 Å². The predicted octanol–water partition coefficient (Wildman–Crippen LogP) is 4.60. The summed E-state index contributed by atoms with van der Waals surface area (Å²) in [5, 5.41) is 0. The van der Waals surface area contributed by atoms with Crippen molar-refractivity contribution < 1.29 is 13.6 Å². The minimum atomic E-state index is -0.571. The first-order valence-electron chi connectivity index (χ1n) is 6.90. The number of Topliss-reactive ketones (excluding diaryl/α,β-unsaturated/α-hetero) is 1. The number of fused-ring (bicyclic) bond motifs is 5. The van der Waals surface area contributed by atoms with Crippen molar-refractivity contribution in [1.82, 2.24) is 0 Å². The van der Waals surface area contributed by atoms with Crippen LogP contribution < -0.4 is 0 Å². The van der Waals surface area contributed by atoms with E-state index in [-0.39, 0.29) is 17.8 Å². The molecule has 2 aromatic carbocycles. The first-order chi connectivity index (χ1) is 10.1. The molecule has 2 aromatic rings. The zero-order valence-electron chi connectivity index (χ0n) is 11.5. The molecule has 0 saturated heterocycles. The molecular weight excluding hydrogens is 270 g/mol. The van der Waals surface area contributed by atoms with Crippen molar-refractivity contribution in [1.29, 1.82) is 0 Å². The fourth-order valence-electron chi connectivity index (χ4n) is 3.48. The molecule has 0 atom stereocenters. The fourth-order valence-corrected chi connectivity index (χ4v) is 3.48. The van der Waals surface area contributed by atoms with Gasteiger partial charge in [-0.05, 0) is 53.3 Å². The summed E-state index contributed by atoms with van der Waals surface area (Å²) in [6.45, 7) is 1.98. The highest BCUT2D eigenvalue weighted by atomic mass is 19.1. The third-order valence-electron chi connectivity index (χ3n) is 4.33. The van der Waals surface area contributed by atoms with E-state index in [1.807, 2.05) is 25.1 Å². The Balaban J connectivity index is 2.08. The number of aryl methyl sites for hydroxylation is 1. The Kier molecular flexibility index (Phi) is 2.43. The average Bonchev–Trinajstić information content (AvgIpc) is 2.78. The highest BCUT2D eigenvalue weighted by molar-refractivity contribution is 6.07. The van der Waals surface area contributed by atoms with Crippen LogP contribution in [0.5, 0.6) is 0 Å². The number of allylic oxidation sites excluding steroid dienone is 1. The number of carbonyl (C=O) groups is 1. The second-order valence-corrected chi connectivity index (χ2v) is 5.65. The Morgan fingerprint density at radius 2 is 1.90 bits per heavy atom. The molecule has 2 aliphatic carbocycles. The van der Waals surface area contributed by atoms with Crippen LogP contribution in [-0.2, 0) is 6.42 Å². The number of ketones is 1. The van der Waals surface area contributed by atoms with E-state index >= 15 is 0 Å². The van der Waals surface area contributed by atoms with Crippen LogP contribution in [0.4, 0.5) is 8.78 Å². The van der Waals surface area contributed by atoms with Crippen LogP contribution in [0.1, 0.15) is 39.0 Å². The molecular formula is C18H12F2O. The Hall–Kier alpha value is -2.29. The van der Waals surface area contributed by atoms with E-state index in [4.69, 9.17) is 0 Å². The van der Waals surface area contributed by atoms with Crippen molar-refractivity contribution in [2.75, 3.05) is 0 Å². The average molecular weight is 282 g/mol. The monoisotopic (exact) mass is 282 g/mol. The summed E-state index contributed by atoms with van der Waals surface area (Å²) in [5.41, 5.74) is 5.26. The molecule has 3 heteroatoms. The maximum Gasteiger partial charge on any atom is 0.170 e. The lowest BCUT2D eigenvalue weighted by Crippen LogP contribution is -2.12.